The molecule has 0 aromatic heterocycles. The average molecular weight is 253 g/mol. The van der Waals surface area contributed by atoms with E-state index in [2.05, 4.69) is 80.0 Å². The first-order valence-corrected chi connectivity index (χ1v) is 7.03. The van der Waals surface area contributed by atoms with E-state index in [4.69, 9.17) is 0 Å². The zero-order valence-electron chi connectivity index (χ0n) is 11.9. The van der Waals surface area contributed by atoms with Crippen molar-refractivity contribution in [1.82, 2.24) is 5.32 Å². The van der Waals surface area contributed by atoms with Gasteiger partial charge in [0.2, 0.25) is 0 Å². The number of rotatable bonds is 6. The molecule has 0 bridgehead atoms. The predicted octanol–water partition coefficient (Wildman–Crippen LogP) is 4.14. The lowest BCUT2D eigenvalue weighted by atomic mass is 9.86. The number of benzene rings is 2. The summed E-state index contributed by atoms with van der Waals surface area (Å²) in [4.78, 5) is 0. The highest BCUT2D eigenvalue weighted by atomic mass is 14.9. The van der Waals surface area contributed by atoms with Crippen molar-refractivity contribution in [2.24, 2.45) is 0 Å². The third kappa shape index (κ3) is 3.68. The zero-order valence-corrected chi connectivity index (χ0v) is 11.9. The maximum atomic E-state index is 3.48. The molecule has 1 atom stereocenters. The SMILES string of the molecule is CNC(C)(CCCc1ccccc1)c1ccccc1. The van der Waals surface area contributed by atoms with Gasteiger partial charge in [-0.25, -0.2) is 0 Å². The smallest absolute Gasteiger partial charge is 0.0403 e. The number of aryl methyl sites for hydroxylation is 1. The quantitative estimate of drug-likeness (QED) is 0.815. The predicted molar refractivity (Wildman–Crippen MR) is 82.2 cm³/mol. The highest BCUT2D eigenvalue weighted by Gasteiger charge is 2.23. The molecule has 0 heterocycles. The van der Waals surface area contributed by atoms with Crippen molar-refractivity contribution < 1.29 is 0 Å². The Bertz CT molecular complexity index is 478. The molecular weight excluding hydrogens is 230 g/mol. The molecule has 1 heteroatoms. The van der Waals surface area contributed by atoms with Gasteiger partial charge in [-0.1, -0.05) is 60.7 Å². The van der Waals surface area contributed by atoms with Crippen LogP contribution in [0.15, 0.2) is 60.7 Å². The second-order valence-corrected chi connectivity index (χ2v) is 5.29. The second kappa shape index (κ2) is 6.53. The Kier molecular flexibility index (Phi) is 4.75. The van der Waals surface area contributed by atoms with Crippen LogP contribution in [0.25, 0.3) is 0 Å². The van der Waals surface area contributed by atoms with E-state index >= 15 is 0 Å². The average Bonchev–Trinajstić information content (AvgIpc) is 2.49. The van der Waals surface area contributed by atoms with Gasteiger partial charge in [0.15, 0.2) is 0 Å². The van der Waals surface area contributed by atoms with Crippen molar-refractivity contribution in [3.8, 4) is 0 Å². The summed E-state index contributed by atoms with van der Waals surface area (Å²) in [5.41, 5.74) is 2.86. The van der Waals surface area contributed by atoms with Crippen molar-refractivity contribution in [1.29, 1.82) is 0 Å². The molecule has 1 nitrogen and oxygen atoms in total. The minimum atomic E-state index is 0.0655. The fraction of sp³-hybridized carbons (Fsp3) is 0.333. The van der Waals surface area contributed by atoms with Crippen molar-refractivity contribution >= 4 is 0 Å². The van der Waals surface area contributed by atoms with E-state index < -0.39 is 0 Å². The third-order valence-electron chi connectivity index (χ3n) is 3.95. The van der Waals surface area contributed by atoms with Crippen LogP contribution in [0.1, 0.15) is 30.9 Å². The van der Waals surface area contributed by atoms with Crippen LogP contribution < -0.4 is 5.32 Å². The van der Waals surface area contributed by atoms with E-state index in [1.807, 2.05) is 0 Å². The fourth-order valence-electron chi connectivity index (χ4n) is 2.51. The topological polar surface area (TPSA) is 12.0 Å². The Balaban J connectivity index is 1.96. The van der Waals surface area contributed by atoms with Gasteiger partial charge in [0.25, 0.3) is 0 Å². The lowest BCUT2D eigenvalue weighted by molar-refractivity contribution is 0.359. The van der Waals surface area contributed by atoms with Crippen LogP contribution in [0, 0.1) is 0 Å². The Hall–Kier alpha value is -1.60. The molecule has 0 saturated carbocycles. The summed E-state index contributed by atoms with van der Waals surface area (Å²) in [6, 6.07) is 21.4. The standard InChI is InChI=1S/C18H23N/c1-18(19-2,17-13-7-4-8-14-17)15-9-12-16-10-5-3-6-11-16/h3-8,10-11,13-14,19H,9,12,15H2,1-2H3. The van der Waals surface area contributed by atoms with Crippen molar-refractivity contribution in [2.75, 3.05) is 7.05 Å². The van der Waals surface area contributed by atoms with E-state index in [1.54, 1.807) is 0 Å². The first-order valence-electron chi connectivity index (χ1n) is 7.03. The minimum Gasteiger partial charge on any atom is -0.311 e. The van der Waals surface area contributed by atoms with E-state index in [0.717, 1.165) is 12.8 Å². The Morgan fingerprint density at radius 3 is 2.05 bits per heavy atom. The molecule has 0 amide bonds. The summed E-state index contributed by atoms with van der Waals surface area (Å²) in [6.07, 6.45) is 3.48. The molecule has 0 aliphatic heterocycles. The van der Waals surface area contributed by atoms with Gasteiger partial charge in [0.1, 0.15) is 0 Å². The van der Waals surface area contributed by atoms with Crippen molar-refractivity contribution in [2.45, 2.75) is 31.7 Å². The largest absolute Gasteiger partial charge is 0.311 e. The van der Waals surface area contributed by atoms with Gasteiger partial charge >= 0.3 is 0 Å². The lowest BCUT2D eigenvalue weighted by Gasteiger charge is -2.30. The highest BCUT2D eigenvalue weighted by molar-refractivity contribution is 5.23. The maximum Gasteiger partial charge on any atom is 0.0403 e. The van der Waals surface area contributed by atoms with E-state index in [0.29, 0.717) is 0 Å². The molecule has 1 N–H and O–H groups in total. The van der Waals surface area contributed by atoms with Crippen LogP contribution in [0.2, 0.25) is 0 Å². The summed E-state index contributed by atoms with van der Waals surface area (Å²) in [5.74, 6) is 0. The summed E-state index contributed by atoms with van der Waals surface area (Å²) in [6.45, 7) is 2.29. The van der Waals surface area contributed by atoms with Crippen molar-refractivity contribution in [3.05, 3.63) is 71.8 Å². The highest BCUT2D eigenvalue weighted by Crippen LogP contribution is 2.26. The number of hydrogen-bond acceptors (Lipinski definition) is 1. The molecule has 0 fully saturated rings. The molecular formula is C18H23N. The fourth-order valence-corrected chi connectivity index (χ4v) is 2.51. The van der Waals surface area contributed by atoms with E-state index in [-0.39, 0.29) is 5.54 Å². The normalized spacial score (nSPS) is 14.0. The van der Waals surface area contributed by atoms with Gasteiger partial charge in [-0.3, -0.25) is 0 Å². The molecule has 100 valence electrons. The van der Waals surface area contributed by atoms with E-state index in [9.17, 15) is 0 Å². The van der Waals surface area contributed by atoms with Gasteiger partial charge in [0.05, 0.1) is 0 Å². The van der Waals surface area contributed by atoms with Crippen LogP contribution in [0.4, 0.5) is 0 Å². The zero-order chi connectivity index (χ0) is 13.6. The summed E-state index contributed by atoms with van der Waals surface area (Å²) < 4.78 is 0. The molecule has 0 spiro atoms. The maximum absolute atomic E-state index is 3.48. The van der Waals surface area contributed by atoms with Crippen LogP contribution in [-0.4, -0.2) is 7.05 Å². The van der Waals surface area contributed by atoms with Gasteiger partial charge in [-0.15, -0.1) is 0 Å². The lowest BCUT2D eigenvalue weighted by Crippen LogP contribution is -2.36. The Morgan fingerprint density at radius 2 is 1.47 bits per heavy atom. The summed E-state index contributed by atoms with van der Waals surface area (Å²) in [5, 5.41) is 3.48. The molecule has 19 heavy (non-hydrogen) atoms. The second-order valence-electron chi connectivity index (χ2n) is 5.29. The van der Waals surface area contributed by atoms with Crippen LogP contribution >= 0.6 is 0 Å². The molecule has 0 aliphatic rings. The molecule has 0 aliphatic carbocycles. The minimum absolute atomic E-state index is 0.0655. The Labute approximate surface area is 116 Å². The monoisotopic (exact) mass is 253 g/mol. The first kappa shape index (κ1) is 13.8. The molecule has 1 unspecified atom stereocenters. The van der Waals surface area contributed by atoms with Crippen LogP contribution in [-0.2, 0) is 12.0 Å². The van der Waals surface area contributed by atoms with E-state index in [1.165, 1.54) is 17.5 Å². The Morgan fingerprint density at radius 1 is 0.895 bits per heavy atom. The molecule has 2 aromatic carbocycles. The van der Waals surface area contributed by atoms with Gasteiger partial charge in [-0.2, -0.15) is 0 Å². The first-order chi connectivity index (χ1) is 9.24. The van der Waals surface area contributed by atoms with Gasteiger partial charge in [-0.05, 0) is 44.4 Å². The van der Waals surface area contributed by atoms with Crippen LogP contribution in [0.5, 0.6) is 0 Å². The van der Waals surface area contributed by atoms with Crippen molar-refractivity contribution in [3.63, 3.8) is 0 Å². The molecule has 0 saturated heterocycles. The third-order valence-corrected chi connectivity index (χ3v) is 3.95. The number of hydrogen-bond donors (Lipinski definition) is 1. The summed E-state index contributed by atoms with van der Waals surface area (Å²) >= 11 is 0. The number of nitrogens with one attached hydrogen (secondary N) is 1. The van der Waals surface area contributed by atoms with Gasteiger partial charge in [0, 0.05) is 5.54 Å². The molecule has 2 aromatic rings. The summed E-state index contributed by atoms with van der Waals surface area (Å²) in [7, 11) is 2.05. The van der Waals surface area contributed by atoms with Crippen LogP contribution in [0.3, 0.4) is 0 Å². The molecule has 0 radical (unpaired) electrons. The van der Waals surface area contributed by atoms with Gasteiger partial charge < -0.3 is 5.32 Å². The molecule has 2 rings (SSSR count).